The first-order valence-corrected chi connectivity index (χ1v) is 5.55. The van der Waals surface area contributed by atoms with Crippen molar-refractivity contribution in [3.05, 3.63) is 0 Å². The van der Waals surface area contributed by atoms with E-state index in [0.717, 1.165) is 12.8 Å². The Morgan fingerprint density at radius 1 is 1.40 bits per heavy atom. The molecule has 0 bridgehead atoms. The van der Waals surface area contributed by atoms with Gasteiger partial charge in [0, 0.05) is 11.8 Å². The van der Waals surface area contributed by atoms with Crippen molar-refractivity contribution in [3.8, 4) is 0 Å². The fourth-order valence-electron chi connectivity index (χ4n) is 1.11. The number of carbonyl (C=O) groups excluding carboxylic acids is 1. The summed E-state index contributed by atoms with van der Waals surface area (Å²) in [7, 11) is 0. The number of hydrogen-bond acceptors (Lipinski definition) is 3. The highest BCUT2D eigenvalue weighted by Gasteiger charge is 2.18. The number of urea groups is 1. The van der Waals surface area contributed by atoms with Gasteiger partial charge >= 0.3 is 12.0 Å². The molecule has 0 aliphatic rings. The van der Waals surface area contributed by atoms with Crippen LogP contribution in [-0.4, -0.2) is 34.9 Å². The summed E-state index contributed by atoms with van der Waals surface area (Å²) in [5.41, 5.74) is 0. The summed E-state index contributed by atoms with van der Waals surface area (Å²) in [6.45, 7) is 3.89. The van der Waals surface area contributed by atoms with E-state index in [1.54, 1.807) is 0 Å². The first-order valence-electron chi connectivity index (χ1n) is 4.92. The second-order valence-corrected chi connectivity index (χ2v) is 3.75. The summed E-state index contributed by atoms with van der Waals surface area (Å²) in [4.78, 5) is 21.9. The van der Waals surface area contributed by atoms with Gasteiger partial charge < -0.3 is 15.7 Å². The molecule has 88 valence electrons. The van der Waals surface area contributed by atoms with Crippen LogP contribution in [-0.2, 0) is 4.79 Å². The van der Waals surface area contributed by atoms with Crippen LogP contribution in [0, 0.1) is 0 Å². The van der Waals surface area contributed by atoms with Crippen LogP contribution < -0.4 is 10.6 Å². The Labute approximate surface area is 95.0 Å². The van der Waals surface area contributed by atoms with Crippen LogP contribution in [0.5, 0.6) is 0 Å². The second-order valence-electron chi connectivity index (χ2n) is 3.38. The van der Waals surface area contributed by atoms with Crippen LogP contribution in [0.15, 0.2) is 0 Å². The maximum Gasteiger partial charge on any atom is 0.327 e. The molecule has 0 spiro atoms. The van der Waals surface area contributed by atoms with Gasteiger partial charge in [0.2, 0.25) is 0 Å². The summed E-state index contributed by atoms with van der Waals surface area (Å²) in [6.07, 6.45) is 1.84. The molecule has 0 saturated carbocycles. The number of hydrogen-bond donors (Lipinski definition) is 4. The van der Waals surface area contributed by atoms with E-state index in [4.69, 9.17) is 5.11 Å². The molecule has 15 heavy (non-hydrogen) atoms. The van der Waals surface area contributed by atoms with Crippen LogP contribution >= 0.6 is 12.6 Å². The lowest BCUT2D eigenvalue weighted by Crippen LogP contribution is -2.49. The molecule has 0 aliphatic carbocycles. The number of aliphatic carboxylic acids is 1. The fourth-order valence-corrected chi connectivity index (χ4v) is 1.36. The number of carboxylic acids is 1. The standard InChI is InChI=1S/C9H18N2O3S/c1-3-4-6(2)10-9(14)11-7(5-15)8(12)13/h6-7,15H,3-5H2,1-2H3,(H,12,13)(H2,10,11,14). The number of carbonyl (C=O) groups is 2. The quantitative estimate of drug-likeness (QED) is 0.515. The molecule has 0 fully saturated rings. The zero-order chi connectivity index (χ0) is 11.8. The molecule has 0 heterocycles. The fraction of sp³-hybridized carbons (Fsp3) is 0.778. The molecule has 0 saturated heterocycles. The van der Waals surface area contributed by atoms with Crippen LogP contribution in [0.3, 0.4) is 0 Å². The van der Waals surface area contributed by atoms with E-state index >= 15 is 0 Å². The van der Waals surface area contributed by atoms with Gasteiger partial charge in [0.15, 0.2) is 0 Å². The van der Waals surface area contributed by atoms with Gasteiger partial charge in [-0.1, -0.05) is 13.3 Å². The topological polar surface area (TPSA) is 78.4 Å². The highest BCUT2D eigenvalue weighted by atomic mass is 32.1. The van der Waals surface area contributed by atoms with Crippen LogP contribution in [0.1, 0.15) is 26.7 Å². The van der Waals surface area contributed by atoms with Gasteiger partial charge in [-0.3, -0.25) is 0 Å². The second kappa shape index (κ2) is 7.39. The van der Waals surface area contributed by atoms with Gasteiger partial charge in [-0.15, -0.1) is 0 Å². The molecule has 2 atom stereocenters. The molecule has 3 N–H and O–H groups in total. The lowest BCUT2D eigenvalue weighted by atomic mass is 10.2. The molecule has 5 nitrogen and oxygen atoms in total. The number of nitrogens with one attached hydrogen (secondary N) is 2. The zero-order valence-electron chi connectivity index (χ0n) is 8.99. The minimum absolute atomic E-state index is 0.0457. The van der Waals surface area contributed by atoms with Gasteiger partial charge in [0.1, 0.15) is 6.04 Å². The highest BCUT2D eigenvalue weighted by Crippen LogP contribution is 1.95. The molecule has 2 unspecified atom stereocenters. The Bertz CT molecular complexity index is 223. The molecule has 0 radical (unpaired) electrons. The van der Waals surface area contributed by atoms with Crippen LogP contribution in [0.4, 0.5) is 4.79 Å². The summed E-state index contributed by atoms with van der Waals surface area (Å²) >= 11 is 3.84. The van der Waals surface area contributed by atoms with E-state index in [1.807, 2.05) is 13.8 Å². The van der Waals surface area contributed by atoms with Crippen molar-refractivity contribution in [3.63, 3.8) is 0 Å². The van der Waals surface area contributed by atoms with E-state index in [2.05, 4.69) is 23.3 Å². The van der Waals surface area contributed by atoms with Crippen molar-refractivity contribution in [1.82, 2.24) is 10.6 Å². The smallest absolute Gasteiger partial charge is 0.327 e. The Morgan fingerprint density at radius 2 is 2.00 bits per heavy atom. The Kier molecular flexibility index (Phi) is 6.94. The third-order valence-electron chi connectivity index (χ3n) is 1.89. The SMILES string of the molecule is CCCC(C)NC(=O)NC(CS)C(=O)O. The summed E-state index contributed by atoms with van der Waals surface area (Å²) < 4.78 is 0. The molecular weight excluding hydrogens is 216 g/mol. The summed E-state index contributed by atoms with van der Waals surface area (Å²) in [6, 6.07) is -1.36. The van der Waals surface area contributed by atoms with Crippen molar-refractivity contribution >= 4 is 24.6 Å². The number of thiol groups is 1. The maximum absolute atomic E-state index is 11.3. The van der Waals surface area contributed by atoms with Gasteiger partial charge in [0.25, 0.3) is 0 Å². The number of amides is 2. The molecular formula is C9H18N2O3S. The molecule has 0 aromatic rings. The van der Waals surface area contributed by atoms with Crippen LogP contribution in [0.25, 0.3) is 0 Å². The maximum atomic E-state index is 11.3. The van der Waals surface area contributed by atoms with E-state index < -0.39 is 18.0 Å². The Morgan fingerprint density at radius 3 is 2.40 bits per heavy atom. The summed E-state index contributed by atoms with van der Waals surface area (Å²) in [5, 5.41) is 13.7. The van der Waals surface area contributed by atoms with Crippen LogP contribution in [0.2, 0.25) is 0 Å². The van der Waals surface area contributed by atoms with Gasteiger partial charge in [-0.25, -0.2) is 9.59 Å². The lowest BCUT2D eigenvalue weighted by molar-refractivity contribution is -0.138. The number of carboxylic acid groups (broad SMARTS) is 1. The predicted molar refractivity (Wildman–Crippen MR) is 61.3 cm³/mol. The van der Waals surface area contributed by atoms with Gasteiger partial charge in [0.05, 0.1) is 0 Å². The van der Waals surface area contributed by atoms with Crippen molar-refractivity contribution in [2.45, 2.75) is 38.8 Å². The first-order chi connectivity index (χ1) is 7.01. The number of rotatable bonds is 6. The highest BCUT2D eigenvalue weighted by molar-refractivity contribution is 7.80. The van der Waals surface area contributed by atoms with Gasteiger partial charge in [-0.2, -0.15) is 12.6 Å². The molecule has 0 aromatic carbocycles. The Balaban J connectivity index is 3.96. The molecule has 2 amide bonds. The summed E-state index contributed by atoms with van der Waals surface area (Å²) in [5.74, 6) is -1.01. The van der Waals surface area contributed by atoms with E-state index in [0.29, 0.717) is 0 Å². The van der Waals surface area contributed by atoms with Gasteiger partial charge in [-0.05, 0) is 13.3 Å². The molecule has 6 heteroatoms. The van der Waals surface area contributed by atoms with Crippen molar-refractivity contribution < 1.29 is 14.7 Å². The van der Waals surface area contributed by atoms with Crippen molar-refractivity contribution in [2.24, 2.45) is 0 Å². The lowest BCUT2D eigenvalue weighted by Gasteiger charge is -2.16. The first kappa shape index (κ1) is 14.1. The zero-order valence-corrected chi connectivity index (χ0v) is 9.88. The van der Waals surface area contributed by atoms with E-state index in [-0.39, 0.29) is 11.8 Å². The predicted octanol–water partition coefficient (Wildman–Crippen LogP) is 0.857. The minimum Gasteiger partial charge on any atom is -0.480 e. The normalized spacial score (nSPS) is 14.1. The monoisotopic (exact) mass is 234 g/mol. The Hall–Kier alpha value is -0.910. The largest absolute Gasteiger partial charge is 0.480 e. The molecule has 0 aliphatic heterocycles. The third-order valence-corrected chi connectivity index (χ3v) is 2.25. The van der Waals surface area contributed by atoms with Crippen molar-refractivity contribution in [1.29, 1.82) is 0 Å². The van der Waals surface area contributed by atoms with E-state index in [9.17, 15) is 9.59 Å². The average molecular weight is 234 g/mol. The van der Waals surface area contributed by atoms with Crippen molar-refractivity contribution in [2.75, 3.05) is 5.75 Å². The molecule has 0 aromatic heterocycles. The average Bonchev–Trinajstić information content (AvgIpc) is 2.13. The van der Waals surface area contributed by atoms with E-state index in [1.165, 1.54) is 0 Å². The third kappa shape index (κ3) is 6.22. The molecule has 0 rings (SSSR count). The minimum atomic E-state index is -1.08.